The van der Waals surface area contributed by atoms with Crippen LogP contribution in [0.3, 0.4) is 0 Å². The number of anilines is 2. The Hall–Kier alpha value is -1.36. The number of para-hydroxylation sites is 1. The van der Waals surface area contributed by atoms with Crippen LogP contribution in [0.15, 0.2) is 18.2 Å². The number of carbonyl (C=O) groups is 1. The van der Waals surface area contributed by atoms with Crippen molar-refractivity contribution in [2.45, 2.75) is 19.4 Å². The van der Waals surface area contributed by atoms with E-state index in [1.807, 2.05) is 11.8 Å². The Balaban J connectivity index is 2.22. The van der Waals surface area contributed by atoms with Gasteiger partial charge in [-0.3, -0.25) is 0 Å². The molecule has 1 aromatic carbocycles. The summed E-state index contributed by atoms with van der Waals surface area (Å²) in [5.41, 5.74) is 7.78. The first-order valence-corrected chi connectivity index (χ1v) is 7.27. The summed E-state index contributed by atoms with van der Waals surface area (Å²) in [7, 11) is 0. The van der Waals surface area contributed by atoms with Crippen LogP contribution in [0.2, 0.25) is 0 Å². The third-order valence-corrected chi connectivity index (χ3v) is 4.03. The van der Waals surface area contributed by atoms with Gasteiger partial charge in [0.2, 0.25) is 0 Å². The monoisotopic (exact) mass is 266 g/mol. The number of hydrogen-bond donors (Lipinski definition) is 2. The molecule has 0 amide bonds. The van der Waals surface area contributed by atoms with Gasteiger partial charge < -0.3 is 15.8 Å². The summed E-state index contributed by atoms with van der Waals surface area (Å²) in [5, 5.41) is 3.37. The zero-order chi connectivity index (χ0) is 13.0. The fraction of sp³-hybridized carbons (Fsp3) is 0.462. The van der Waals surface area contributed by atoms with Gasteiger partial charge >= 0.3 is 5.97 Å². The number of nitrogens with one attached hydrogen (secondary N) is 1. The predicted octanol–water partition coefficient (Wildman–Crippen LogP) is 2.36. The van der Waals surface area contributed by atoms with Crippen molar-refractivity contribution in [1.82, 2.24) is 0 Å². The van der Waals surface area contributed by atoms with Gasteiger partial charge in [-0.2, -0.15) is 11.8 Å². The standard InChI is InChI=1S/C13H18N2O2S/c1-2-17-13(16)10-4-3-5-11(14)12(10)15-9-6-7-18-8-9/h3-5,9,15H,2,6-8,14H2,1H3. The number of rotatable bonds is 4. The minimum absolute atomic E-state index is 0.321. The SMILES string of the molecule is CCOC(=O)c1cccc(N)c1NC1CCSC1. The Labute approximate surface area is 111 Å². The second kappa shape index (κ2) is 6.00. The van der Waals surface area contributed by atoms with Gasteiger partial charge in [-0.05, 0) is 31.2 Å². The van der Waals surface area contributed by atoms with E-state index in [-0.39, 0.29) is 5.97 Å². The van der Waals surface area contributed by atoms with Crippen LogP contribution in [0.5, 0.6) is 0 Å². The zero-order valence-corrected chi connectivity index (χ0v) is 11.3. The number of benzene rings is 1. The lowest BCUT2D eigenvalue weighted by atomic mass is 10.1. The normalized spacial score (nSPS) is 18.6. The van der Waals surface area contributed by atoms with Gasteiger partial charge in [0.1, 0.15) is 0 Å². The van der Waals surface area contributed by atoms with Gasteiger partial charge in [-0.15, -0.1) is 0 Å². The second-order valence-electron chi connectivity index (χ2n) is 4.20. The summed E-state index contributed by atoms with van der Waals surface area (Å²) in [6.45, 7) is 2.16. The highest BCUT2D eigenvalue weighted by molar-refractivity contribution is 7.99. The van der Waals surface area contributed by atoms with E-state index in [0.717, 1.165) is 17.9 Å². The average Bonchev–Trinajstić information content (AvgIpc) is 2.85. The maximum absolute atomic E-state index is 11.9. The van der Waals surface area contributed by atoms with E-state index < -0.39 is 0 Å². The van der Waals surface area contributed by atoms with Gasteiger partial charge in [0.15, 0.2) is 0 Å². The zero-order valence-electron chi connectivity index (χ0n) is 10.4. The van der Waals surface area contributed by atoms with Gasteiger partial charge in [-0.1, -0.05) is 6.07 Å². The number of carbonyl (C=O) groups excluding carboxylic acids is 1. The molecule has 98 valence electrons. The molecule has 5 heteroatoms. The third-order valence-electron chi connectivity index (χ3n) is 2.87. The Morgan fingerprint density at radius 3 is 3.11 bits per heavy atom. The highest BCUT2D eigenvalue weighted by atomic mass is 32.2. The highest BCUT2D eigenvalue weighted by Crippen LogP contribution is 2.28. The molecule has 0 aliphatic carbocycles. The molecule has 0 saturated carbocycles. The molecule has 0 spiro atoms. The molecule has 1 unspecified atom stereocenters. The molecule has 1 atom stereocenters. The lowest BCUT2D eigenvalue weighted by Gasteiger charge is -2.17. The summed E-state index contributed by atoms with van der Waals surface area (Å²) < 4.78 is 5.05. The minimum Gasteiger partial charge on any atom is -0.462 e. The summed E-state index contributed by atoms with van der Waals surface area (Å²) in [4.78, 5) is 11.9. The topological polar surface area (TPSA) is 64.3 Å². The molecule has 1 saturated heterocycles. The third kappa shape index (κ3) is 2.90. The van der Waals surface area contributed by atoms with E-state index in [4.69, 9.17) is 10.5 Å². The highest BCUT2D eigenvalue weighted by Gasteiger charge is 2.20. The largest absolute Gasteiger partial charge is 0.462 e. The quantitative estimate of drug-likeness (QED) is 0.647. The molecule has 0 radical (unpaired) electrons. The van der Waals surface area contributed by atoms with Gasteiger partial charge in [0.25, 0.3) is 0 Å². The lowest BCUT2D eigenvalue weighted by molar-refractivity contribution is 0.0527. The van der Waals surface area contributed by atoms with E-state index >= 15 is 0 Å². The molecule has 1 heterocycles. The van der Waals surface area contributed by atoms with E-state index in [9.17, 15) is 4.79 Å². The Morgan fingerprint density at radius 2 is 2.44 bits per heavy atom. The summed E-state index contributed by atoms with van der Waals surface area (Å²) >= 11 is 1.91. The van der Waals surface area contributed by atoms with Gasteiger partial charge in [-0.25, -0.2) is 4.79 Å². The number of nitrogens with two attached hydrogens (primary N) is 1. The molecular formula is C13H18N2O2S. The first kappa shape index (κ1) is 13.1. The molecule has 1 aromatic rings. The first-order valence-electron chi connectivity index (χ1n) is 6.12. The van der Waals surface area contributed by atoms with Crippen molar-refractivity contribution in [3.8, 4) is 0 Å². The van der Waals surface area contributed by atoms with Crippen LogP contribution in [0.1, 0.15) is 23.7 Å². The van der Waals surface area contributed by atoms with Crippen LogP contribution in [0.4, 0.5) is 11.4 Å². The number of thioether (sulfide) groups is 1. The van der Waals surface area contributed by atoms with E-state index in [0.29, 0.717) is 29.6 Å². The molecule has 18 heavy (non-hydrogen) atoms. The molecule has 3 N–H and O–H groups in total. The van der Waals surface area contributed by atoms with Gasteiger partial charge in [0.05, 0.1) is 23.5 Å². The average molecular weight is 266 g/mol. The fourth-order valence-electron chi connectivity index (χ4n) is 1.96. The van der Waals surface area contributed by atoms with E-state index in [1.54, 1.807) is 25.1 Å². The summed E-state index contributed by atoms with van der Waals surface area (Å²) in [5.74, 6) is 1.88. The van der Waals surface area contributed by atoms with Crippen molar-refractivity contribution < 1.29 is 9.53 Å². The lowest BCUT2D eigenvalue weighted by Crippen LogP contribution is -2.21. The second-order valence-corrected chi connectivity index (χ2v) is 5.34. The van der Waals surface area contributed by atoms with E-state index in [2.05, 4.69) is 5.32 Å². The fourth-order valence-corrected chi connectivity index (χ4v) is 3.12. The van der Waals surface area contributed by atoms with Crippen molar-refractivity contribution >= 4 is 29.1 Å². The molecule has 2 rings (SSSR count). The maximum Gasteiger partial charge on any atom is 0.340 e. The Bertz CT molecular complexity index is 431. The Morgan fingerprint density at radius 1 is 1.61 bits per heavy atom. The molecular weight excluding hydrogens is 248 g/mol. The molecule has 1 aliphatic rings. The minimum atomic E-state index is -0.321. The smallest absolute Gasteiger partial charge is 0.340 e. The van der Waals surface area contributed by atoms with Crippen LogP contribution >= 0.6 is 11.8 Å². The molecule has 0 aromatic heterocycles. The van der Waals surface area contributed by atoms with Crippen molar-refractivity contribution in [3.05, 3.63) is 23.8 Å². The number of hydrogen-bond acceptors (Lipinski definition) is 5. The van der Waals surface area contributed by atoms with Crippen LogP contribution in [-0.2, 0) is 4.74 Å². The van der Waals surface area contributed by atoms with Crippen molar-refractivity contribution in [3.63, 3.8) is 0 Å². The summed E-state index contributed by atoms with van der Waals surface area (Å²) in [6.07, 6.45) is 1.10. The van der Waals surface area contributed by atoms with Gasteiger partial charge in [0, 0.05) is 11.8 Å². The van der Waals surface area contributed by atoms with E-state index in [1.165, 1.54) is 0 Å². The van der Waals surface area contributed by atoms with Crippen LogP contribution < -0.4 is 11.1 Å². The molecule has 0 bridgehead atoms. The van der Waals surface area contributed by atoms with Crippen LogP contribution in [0.25, 0.3) is 0 Å². The van der Waals surface area contributed by atoms with Crippen molar-refractivity contribution in [1.29, 1.82) is 0 Å². The number of ether oxygens (including phenoxy) is 1. The Kier molecular flexibility index (Phi) is 4.36. The van der Waals surface area contributed by atoms with Crippen molar-refractivity contribution in [2.24, 2.45) is 0 Å². The van der Waals surface area contributed by atoms with Crippen LogP contribution in [0, 0.1) is 0 Å². The maximum atomic E-state index is 11.9. The molecule has 4 nitrogen and oxygen atoms in total. The van der Waals surface area contributed by atoms with Crippen molar-refractivity contribution in [2.75, 3.05) is 29.2 Å². The summed E-state index contributed by atoms with van der Waals surface area (Å²) in [6, 6.07) is 5.70. The number of nitrogen functional groups attached to an aromatic ring is 1. The predicted molar refractivity (Wildman–Crippen MR) is 76.2 cm³/mol. The van der Waals surface area contributed by atoms with Crippen LogP contribution in [-0.4, -0.2) is 30.1 Å². The molecule has 1 aliphatic heterocycles. The molecule has 1 fully saturated rings. The first-order chi connectivity index (χ1) is 8.72. The number of esters is 1.